The van der Waals surface area contributed by atoms with Gasteiger partial charge >= 0.3 is 0 Å². The third-order valence-electron chi connectivity index (χ3n) is 2.53. The van der Waals surface area contributed by atoms with Crippen molar-refractivity contribution < 1.29 is 5.11 Å². The van der Waals surface area contributed by atoms with Gasteiger partial charge in [-0.15, -0.1) is 23.1 Å². The molecule has 0 spiro atoms. The maximum Gasteiger partial charge on any atom is 0.0931 e. The van der Waals surface area contributed by atoms with E-state index in [1.54, 1.807) is 11.8 Å². The van der Waals surface area contributed by atoms with Crippen LogP contribution in [0.2, 0.25) is 4.34 Å². The first-order valence-electron chi connectivity index (χ1n) is 5.75. The van der Waals surface area contributed by atoms with E-state index < -0.39 is 0 Å². The average molecular weight is 299 g/mol. The second-order valence-electron chi connectivity index (χ2n) is 4.19. The van der Waals surface area contributed by atoms with Crippen LogP contribution < -0.4 is 0 Å². The molecule has 0 fully saturated rings. The molecule has 1 unspecified atom stereocenters. The summed E-state index contributed by atoms with van der Waals surface area (Å²) in [6.07, 6.45) is 0.349. The molecule has 0 amide bonds. The van der Waals surface area contributed by atoms with Crippen LogP contribution in [-0.2, 0) is 6.42 Å². The zero-order valence-electron chi connectivity index (χ0n) is 10.1. The number of hydrogen-bond acceptors (Lipinski definition) is 3. The van der Waals surface area contributed by atoms with Crippen LogP contribution >= 0.6 is 34.7 Å². The number of aryl methyl sites for hydroxylation is 1. The van der Waals surface area contributed by atoms with Crippen LogP contribution in [0.1, 0.15) is 10.4 Å². The van der Waals surface area contributed by atoms with Crippen LogP contribution in [0.25, 0.3) is 0 Å². The van der Waals surface area contributed by atoms with Crippen molar-refractivity contribution in [2.45, 2.75) is 24.3 Å². The minimum Gasteiger partial charge on any atom is -0.392 e. The summed E-state index contributed by atoms with van der Waals surface area (Å²) in [5.41, 5.74) is 1.26. The van der Waals surface area contributed by atoms with Crippen molar-refractivity contribution in [3.05, 3.63) is 51.2 Å². The number of halogens is 1. The first-order valence-corrected chi connectivity index (χ1v) is 7.93. The van der Waals surface area contributed by atoms with Crippen molar-refractivity contribution in [1.29, 1.82) is 0 Å². The predicted molar refractivity (Wildman–Crippen MR) is 80.9 cm³/mol. The number of rotatable bonds is 5. The summed E-state index contributed by atoms with van der Waals surface area (Å²) >= 11 is 9.08. The van der Waals surface area contributed by atoms with Crippen molar-refractivity contribution in [2.75, 3.05) is 5.75 Å². The highest BCUT2D eigenvalue weighted by molar-refractivity contribution is 7.99. The van der Waals surface area contributed by atoms with Gasteiger partial charge in [-0.05, 0) is 31.2 Å². The molecule has 1 atom stereocenters. The first-order chi connectivity index (χ1) is 8.63. The fraction of sp³-hybridized carbons (Fsp3) is 0.286. The summed E-state index contributed by atoms with van der Waals surface area (Å²) in [4.78, 5) is 2.33. The molecule has 1 nitrogen and oxygen atoms in total. The summed E-state index contributed by atoms with van der Waals surface area (Å²) < 4.78 is 0.781. The van der Waals surface area contributed by atoms with E-state index in [1.165, 1.54) is 21.8 Å². The van der Waals surface area contributed by atoms with Gasteiger partial charge < -0.3 is 5.11 Å². The highest BCUT2D eigenvalue weighted by Crippen LogP contribution is 2.24. The van der Waals surface area contributed by atoms with E-state index in [1.807, 2.05) is 12.1 Å². The molecule has 0 aliphatic heterocycles. The molecule has 0 aliphatic carbocycles. The Morgan fingerprint density at radius 1 is 1.22 bits per heavy atom. The van der Waals surface area contributed by atoms with E-state index >= 15 is 0 Å². The van der Waals surface area contributed by atoms with Crippen LogP contribution in [0.15, 0.2) is 41.3 Å². The molecule has 1 N–H and O–H groups in total. The van der Waals surface area contributed by atoms with Crippen LogP contribution in [-0.4, -0.2) is 17.0 Å². The quantitative estimate of drug-likeness (QED) is 0.825. The van der Waals surface area contributed by atoms with Crippen LogP contribution in [0, 0.1) is 6.92 Å². The number of benzene rings is 1. The summed E-state index contributed by atoms with van der Waals surface area (Å²) in [6.45, 7) is 2.07. The van der Waals surface area contributed by atoms with Crippen molar-refractivity contribution in [1.82, 2.24) is 0 Å². The topological polar surface area (TPSA) is 20.2 Å². The number of aliphatic hydroxyl groups excluding tert-OH is 1. The maximum absolute atomic E-state index is 9.97. The molecule has 2 aromatic rings. The van der Waals surface area contributed by atoms with Crippen LogP contribution in [0.3, 0.4) is 0 Å². The van der Waals surface area contributed by atoms with E-state index in [2.05, 4.69) is 31.2 Å². The third kappa shape index (κ3) is 4.32. The fourth-order valence-corrected chi connectivity index (χ4v) is 3.57. The maximum atomic E-state index is 9.97. The Hall–Kier alpha value is -0.480. The zero-order chi connectivity index (χ0) is 13.0. The van der Waals surface area contributed by atoms with Gasteiger partial charge in [-0.2, -0.15) is 0 Å². The minimum atomic E-state index is -0.328. The highest BCUT2D eigenvalue weighted by atomic mass is 35.5. The third-order valence-corrected chi connectivity index (χ3v) is 4.94. The molecule has 1 heterocycles. The SMILES string of the molecule is Cc1ccc(SCC(O)Cc2ccc(Cl)s2)cc1. The Morgan fingerprint density at radius 3 is 2.56 bits per heavy atom. The Bertz CT molecular complexity index is 493. The Labute approximate surface area is 121 Å². The number of aliphatic hydroxyl groups is 1. The molecule has 18 heavy (non-hydrogen) atoms. The lowest BCUT2D eigenvalue weighted by atomic mass is 10.2. The van der Waals surface area contributed by atoms with E-state index in [9.17, 15) is 5.11 Å². The van der Waals surface area contributed by atoms with Crippen molar-refractivity contribution in [3.63, 3.8) is 0 Å². The van der Waals surface area contributed by atoms with E-state index in [0.29, 0.717) is 12.2 Å². The summed E-state index contributed by atoms with van der Waals surface area (Å²) in [5.74, 6) is 0.707. The summed E-state index contributed by atoms with van der Waals surface area (Å²) in [5, 5.41) is 9.97. The predicted octanol–water partition coefficient (Wildman–Crippen LogP) is 4.41. The second kappa shape index (κ2) is 6.62. The largest absolute Gasteiger partial charge is 0.392 e. The number of thioether (sulfide) groups is 1. The summed E-state index contributed by atoms with van der Waals surface area (Å²) in [7, 11) is 0. The van der Waals surface area contributed by atoms with Crippen LogP contribution in [0.4, 0.5) is 0 Å². The summed E-state index contributed by atoms with van der Waals surface area (Å²) in [6, 6.07) is 12.2. The van der Waals surface area contributed by atoms with Gasteiger partial charge in [0.25, 0.3) is 0 Å². The van der Waals surface area contributed by atoms with Crippen molar-refractivity contribution in [2.24, 2.45) is 0 Å². The van der Waals surface area contributed by atoms with Gasteiger partial charge in [0.15, 0.2) is 0 Å². The average Bonchev–Trinajstić information content (AvgIpc) is 2.74. The minimum absolute atomic E-state index is 0.328. The van der Waals surface area contributed by atoms with Gasteiger partial charge in [-0.1, -0.05) is 29.3 Å². The molecular weight excluding hydrogens is 284 g/mol. The smallest absolute Gasteiger partial charge is 0.0931 e. The molecule has 1 aromatic heterocycles. The van der Waals surface area contributed by atoms with Crippen molar-refractivity contribution >= 4 is 34.7 Å². The molecule has 0 aliphatic rings. The van der Waals surface area contributed by atoms with E-state index in [-0.39, 0.29) is 6.10 Å². The lowest BCUT2D eigenvalue weighted by Gasteiger charge is -2.09. The van der Waals surface area contributed by atoms with Gasteiger partial charge in [-0.25, -0.2) is 0 Å². The zero-order valence-corrected chi connectivity index (χ0v) is 12.5. The van der Waals surface area contributed by atoms with Gasteiger partial charge in [0, 0.05) is 21.9 Å². The molecule has 0 bridgehead atoms. The normalized spacial score (nSPS) is 12.6. The first kappa shape index (κ1) is 13.9. The lowest BCUT2D eigenvalue weighted by Crippen LogP contribution is -2.12. The van der Waals surface area contributed by atoms with E-state index in [4.69, 9.17) is 11.6 Å². The standard InChI is InChI=1S/C14H15ClOS2/c1-10-2-4-12(5-3-10)17-9-11(16)8-13-6-7-14(15)18-13/h2-7,11,16H,8-9H2,1H3. The molecule has 0 saturated heterocycles. The Morgan fingerprint density at radius 2 is 1.94 bits per heavy atom. The Kier molecular flexibility index (Phi) is 5.13. The van der Waals surface area contributed by atoms with Gasteiger partial charge in [-0.3, -0.25) is 0 Å². The molecule has 0 saturated carbocycles. The lowest BCUT2D eigenvalue weighted by molar-refractivity contribution is 0.201. The Balaban J connectivity index is 1.81. The van der Waals surface area contributed by atoms with Crippen molar-refractivity contribution in [3.8, 4) is 0 Å². The van der Waals surface area contributed by atoms with Gasteiger partial charge in [0.1, 0.15) is 0 Å². The molecule has 4 heteroatoms. The molecule has 96 valence electrons. The molecule has 0 radical (unpaired) electrons. The number of hydrogen-bond donors (Lipinski definition) is 1. The second-order valence-corrected chi connectivity index (χ2v) is 7.08. The van der Waals surface area contributed by atoms with E-state index in [0.717, 1.165) is 9.21 Å². The fourth-order valence-electron chi connectivity index (χ4n) is 1.58. The molecule has 2 rings (SSSR count). The monoisotopic (exact) mass is 298 g/mol. The van der Waals surface area contributed by atoms with Crippen LogP contribution in [0.5, 0.6) is 0 Å². The number of thiophene rings is 1. The van der Waals surface area contributed by atoms with Gasteiger partial charge in [0.2, 0.25) is 0 Å². The van der Waals surface area contributed by atoms with Gasteiger partial charge in [0.05, 0.1) is 10.4 Å². The molecule has 1 aromatic carbocycles. The highest BCUT2D eigenvalue weighted by Gasteiger charge is 2.08. The molecular formula is C14H15ClOS2.